The first-order valence-corrected chi connectivity index (χ1v) is 9.44. The zero-order valence-electron chi connectivity index (χ0n) is 15.5. The number of H-pyrrole nitrogens is 1. The molecular weight excluding hydrogens is 380 g/mol. The van der Waals surface area contributed by atoms with Crippen LogP contribution in [0, 0.1) is 13.8 Å². The number of carbonyl (C=O) groups excluding carboxylic acids is 1. The molecule has 0 fully saturated rings. The number of thiazole rings is 1. The van der Waals surface area contributed by atoms with Crippen LogP contribution in [0.5, 0.6) is 5.75 Å². The van der Waals surface area contributed by atoms with Gasteiger partial charge in [0.1, 0.15) is 17.8 Å². The van der Waals surface area contributed by atoms with E-state index < -0.39 is 0 Å². The predicted octanol–water partition coefficient (Wildman–Crippen LogP) is 3.09. The summed E-state index contributed by atoms with van der Waals surface area (Å²) in [7, 11) is 0. The van der Waals surface area contributed by atoms with Crippen LogP contribution in [-0.4, -0.2) is 31.1 Å². The van der Waals surface area contributed by atoms with Crippen LogP contribution < -0.4 is 10.1 Å². The third kappa shape index (κ3) is 3.86. The number of hydrogen-bond acceptors (Lipinski definition) is 8. The van der Waals surface area contributed by atoms with Crippen LogP contribution in [0.2, 0.25) is 0 Å². The number of amides is 1. The quantitative estimate of drug-likeness (QED) is 0.512. The minimum Gasteiger partial charge on any atom is -0.484 e. The lowest BCUT2D eigenvalue weighted by atomic mass is 10.3. The van der Waals surface area contributed by atoms with E-state index in [4.69, 9.17) is 9.15 Å². The summed E-state index contributed by atoms with van der Waals surface area (Å²) in [6, 6.07) is 5.35. The molecule has 0 spiro atoms. The van der Waals surface area contributed by atoms with Gasteiger partial charge < -0.3 is 14.5 Å². The molecule has 28 heavy (non-hydrogen) atoms. The highest BCUT2D eigenvalue weighted by Crippen LogP contribution is 2.26. The van der Waals surface area contributed by atoms with Crippen molar-refractivity contribution in [2.75, 3.05) is 0 Å². The van der Waals surface area contributed by atoms with Crippen molar-refractivity contribution in [3.8, 4) is 5.75 Å². The Labute approximate surface area is 164 Å². The van der Waals surface area contributed by atoms with Gasteiger partial charge in [-0.25, -0.2) is 15.0 Å². The maximum Gasteiger partial charge on any atom is 0.273 e. The lowest BCUT2D eigenvalue weighted by molar-refractivity contribution is 0.0933. The van der Waals surface area contributed by atoms with Crippen molar-refractivity contribution in [2.45, 2.75) is 33.4 Å². The summed E-state index contributed by atoms with van der Waals surface area (Å²) in [5.74, 6) is 1.79. The van der Waals surface area contributed by atoms with E-state index >= 15 is 0 Å². The molecule has 0 aliphatic heterocycles. The molecule has 9 nitrogen and oxygen atoms in total. The molecule has 0 aliphatic carbocycles. The first-order valence-electron chi connectivity index (χ1n) is 8.62. The summed E-state index contributed by atoms with van der Waals surface area (Å²) >= 11 is 1.63. The van der Waals surface area contributed by atoms with Crippen LogP contribution in [0.25, 0.3) is 10.2 Å². The van der Waals surface area contributed by atoms with E-state index in [0.717, 1.165) is 15.2 Å². The Balaban J connectivity index is 1.37. The normalized spacial score (nSPS) is 12.2. The molecule has 10 heteroatoms. The van der Waals surface area contributed by atoms with Crippen LogP contribution in [0.4, 0.5) is 0 Å². The molecule has 1 atom stereocenters. The number of fused-ring (bicyclic) bond motifs is 1. The van der Waals surface area contributed by atoms with Gasteiger partial charge in [-0.2, -0.15) is 5.10 Å². The topological polar surface area (TPSA) is 119 Å². The van der Waals surface area contributed by atoms with Crippen molar-refractivity contribution in [2.24, 2.45) is 0 Å². The Hall–Kier alpha value is -3.27. The molecule has 0 saturated heterocycles. The minimum absolute atomic E-state index is 0.109. The van der Waals surface area contributed by atoms with Crippen molar-refractivity contribution in [1.82, 2.24) is 30.5 Å². The van der Waals surface area contributed by atoms with Gasteiger partial charge >= 0.3 is 0 Å². The monoisotopic (exact) mass is 398 g/mol. The molecule has 0 bridgehead atoms. The number of aryl methyl sites for hydroxylation is 2. The van der Waals surface area contributed by atoms with Gasteiger partial charge in [-0.15, -0.1) is 11.3 Å². The number of aromatic nitrogens is 5. The van der Waals surface area contributed by atoms with E-state index in [1.807, 2.05) is 25.1 Å². The van der Waals surface area contributed by atoms with Crippen molar-refractivity contribution >= 4 is 27.5 Å². The fourth-order valence-electron chi connectivity index (χ4n) is 2.63. The van der Waals surface area contributed by atoms with Gasteiger partial charge in [0.15, 0.2) is 18.1 Å². The molecule has 0 saturated carbocycles. The van der Waals surface area contributed by atoms with Gasteiger partial charge in [-0.05, 0) is 32.9 Å². The Morgan fingerprint density at radius 3 is 2.96 bits per heavy atom. The lowest BCUT2D eigenvalue weighted by Gasteiger charge is -2.08. The van der Waals surface area contributed by atoms with Crippen molar-refractivity contribution in [1.29, 1.82) is 0 Å². The van der Waals surface area contributed by atoms with E-state index in [9.17, 15) is 4.79 Å². The summed E-state index contributed by atoms with van der Waals surface area (Å²) in [6.45, 7) is 5.66. The molecule has 0 unspecified atom stereocenters. The molecule has 0 radical (unpaired) electrons. The first kappa shape index (κ1) is 18.1. The number of hydrogen-bond donors (Lipinski definition) is 2. The highest BCUT2D eigenvalue weighted by molar-refractivity contribution is 7.18. The average Bonchev–Trinajstić information content (AvgIpc) is 3.38. The highest BCUT2D eigenvalue weighted by atomic mass is 32.1. The Bertz CT molecular complexity index is 1130. The third-order valence-corrected chi connectivity index (χ3v) is 4.91. The molecular formula is C18H18N6O3S. The summed E-state index contributed by atoms with van der Waals surface area (Å²) in [5.41, 5.74) is 1.06. The van der Waals surface area contributed by atoms with Crippen LogP contribution in [-0.2, 0) is 6.61 Å². The number of ether oxygens (including phenoxy) is 1. The van der Waals surface area contributed by atoms with E-state index in [1.54, 1.807) is 25.2 Å². The summed E-state index contributed by atoms with van der Waals surface area (Å²) in [5, 5.41) is 10.6. The van der Waals surface area contributed by atoms with Gasteiger partial charge in [-0.1, -0.05) is 0 Å². The zero-order chi connectivity index (χ0) is 19.7. The van der Waals surface area contributed by atoms with Gasteiger partial charge in [0.05, 0.1) is 21.3 Å². The Kier molecular flexibility index (Phi) is 4.78. The molecule has 3 heterocycles. The first-order chi connectivity index (χ1) is 13.5. The minimum atomic E-state index is -0.371. The fourth-order valence-corrected chi connectivity index (χ4v) is 3.44. The van der Waals surface area contributed by atoms with Crippen LogP contribution in [0.1, 0.15) is 46.0 Å². The number of oxazole rings is 1. The molecule has 2 N–H and O–H groups in total. The Morgan fingerprint density at radius 2 is 2.18 bits per heavy atom. The fraction of sp³-hybridized carbons (Fsp3) is 0.278. The highest BCUT2D eigenvalue weighted by Gasteiger charge is 2.18. The largest absolute Gasteiger partial charge is 0.484 e. The van der Waals surface area contributed by atoms with Crippen molar-refractivity contribution in [3.63, 3.8) is 0 Å². The number of benzene rings is 1. The maximum atomic E-state index is 12.3. The van der Waals surface area contributed by atoms with E-state index in [0.29, 0.717) is 23.3 Å². The Morgan fingerprint density at radius 1 is 1.32 bits per heavy atom. The number of nitrogens with one attached hydrogen (secondary N) is 2. The molecule has 1 aromatic carbocycles. The van der Waals surface area contributed by atoms with Gasteiger partial charge in [-0.3, -0.25) is 9.89 Å². The lowest BCUT2D eigenvalue weighted by Crippen LogP contribution is -2.27. The number of aromatic amines is 1. The van der Waals surface area contributed by atoms with Crippen molar-refractivity contribution < 1.29 is 13.9 Å². The number of carbonyl (C=O) groups is 1. The summed E-state index contributed by atoms with van der Waals surface area (Å²) in [4.78, 5) is 25.1. The van der Waals surface area contributed by atoms with Gasteiger partial charge in [0.2, 0.25) is 5.89 Å². The number of nitrogens with zero attached hydrogens (tertiary/aromatic N) is 4. The molecule has 3 aromatic heterocycles. The van der Waals surface area contributed by atoms with Crippen molar-refractivity contribution in [3.05, 3.63) is 52.7 Å². The second kappa shape index (κ2) is 7.39. The second-order valence-electron chi connectivity index (χ2n) is 6.25. The standard InChI is InChI=1S/C18H18N6O3S/c1-9(17-20-10(2)23-24-17)19-18(25)14-7-27-16(22-14)8-26-12-4-5-15-13(6-12)21-11(3)28-15/h4-7,9H,8H2,1-3H3,(H,19,25)(H,20,23,24)/t9-/m1/s1. The molecule has 0 aliphatic rings. The van der Waals surface area contributed by atoms with E-state index in [-0.39, 0.29) is 24.2 Å². The average molecular weight is 398 g/mol. The van der Waals surface area contributed by atoms with Gasteiger partial charge in [0.25, 0.3) is 5.91 Å². The van der Waals surface area contributed by atoms with Gasteiger partial charge in [0, 0.05) is 6.07 Å². The maximum absolute atomic E-state index is 12.3. The molecule has 4 aromatic rings. The smallest absolute Gasteiger partial charge is 0.273 e. The predicted molar refractivity (Wildman–Crippen MR) is 102 cm³/mol. The molecule has 1 amide bonds. The van der Waals surface area contributed by atoms with Crippen LogP contribution in [0.15, 0.2) is 28.9 Å². The summed E-state index contributed by atoms with van der Waals surface area (Å²) < 4.78 is 12.2. The molecule has 144 valence electrons. The zero-order valence-corrected chi connectivity index (χ0v) is 16.3. The summed E-state index contributed by atoms with van der Waals surface area (Å²) in [6.07, 6.45) is 1.30. The second-order valence-corrected chi connectivity index (χ2v) is 7.49. The third-order valence-electron chi connectivity index (χ3n) is 3.96. The SMILES string of the molecule is Cc1nc([C@@H](C)NC(=O)c2coc(COc3ccc4sc(C)nc4c3)n2)n[nH]1. The van der Waals surface area contributed by atoms with E-state index in [2.05, 4.69) is 30.5 Å². The van der Waals surface area contributed by atoms with Crippen LogP contribution in [0.3, 0.4) is 0 Å². The van der Waals surface area contributed by atoms with Crippen LogP contribution >= 0.6 is 11.3 Å². The van der Waals surface area contributed by atoms with E-state index in [1.165, 1.54) is 6.26 Å². The molecule has 4 rings (SSSR count). The number of rotatable bonds is 6.